The van der Waals surface area contributed by atoms with Gasteiger partial charge in [-0.25, -0.2) is 4.79 Å². The number of amides is 1. The predicted molar refractivity (Wildman–Crippen MR) is 56.6 cm³/mol. The van der Waals surface area contributed by atoms with Crippen molar-refractivity contribution in [2.45, 2.75) is 12.5 Å². The first-order valence-corrected chi connectivity index (χ1v) is 5.27. The second-order valence-corrected chi connectivity index (χ2v) is 3.97. The molecule has 82 valence electrons. The van der Waals surface area contributed by atoms with E-state index in [1.165, 1.54) is 0 Å². The third-order valence-electron chi connectivity index (χ3n) is 1.80. The molecule has 0 aliphatic rings. The molecule has 1 unspecified atom stereocenters. The molecular formula is C9H12N2O3S. The summed E-state index contributed by atoms with van der Waals surface area (Å²) in [5.74, 6) is -1.97. The summed E-state index contributed by atoms with van der Waals surface area (Å²) < 4.78 is 0. The molecular weight excluding hydrogens is 216 g/mol. The molecule has 15 heavy (non-hydrogen) atoms. The minimum atomic E-state index is -1.48. The van der Waals surface area contributed by atoms with Gasteiger partial charge in [0.2, 0.25) is 5.91 Å². The number of carboxylic acid groups (broad SMARTS) is 1. The van der Waals surface area contributed by atoms with Crippen molar-refractivity contribution in [3.05, 3.63) is 22.4 Å². The van der Waals surface area contributed by atoms with Crippen LogP contribution in [0.4, 0.5) is 0 Å². The molecule has 1 heterocycles. The van der Waals surface area contributed by atoms with Gasteiger partial charge in [-0.2, -0.15) is 0 Å². The van der Waals surface area contributed by atoms with E-state index < -0.39 is 17.9 Å². The summed E-state index contributed by atoms with van der Waals surface area (Å²) in [6, 6.07) is 2.40. The van der Waals surface area contributed by atoms with E-state index in [0.717, 1.165) is 4.88 Å². The van der Waals surface area contributed by atoms with Gasteiger partial charge in [0.15, 0.2) is 6.04 Å². The van der Waals surface area contributed by atoms with Crippen LogP contribution in [0.5, 0.6) is 0 Å². The number of carboxylic acids is 1. The number of carbonyl (C=O) groups is 2. The summed E-state index contributed by atoms with van der Waals surface area (Å²) >= 11 is 1.59. The molecule has 4 N–H and O–H groups in total. The summed E-state index contributed by atoms with van der Waals surface area (Å²) in [6.07, 6.45) is 0.690. The van der Waals surface area contributed by atoms with Crippen LogP contribution in [0.3, 0.4) is 0 Å². The van der Waals surface area contributed by atoms with Crippen LogP contribution in [0.1, 0.15) is 4.88 Å². The molecule has 0 spiro atoms. The fourth-order valence-electron chi connectivity index (χ4n) is 0.986. The number of carbonyl (C=O) groups excluding carboxylic acids is 1. The lowest BCUT2D eigenvalue weighted by atomic mass is 10.3. The fraction of sp³-hybridized carbons (Fsp3) is 0.333. The van der Waals surface area contributed by atoms with Crippen molar-refractivity contribution in [2.75, 3.05) is 6.54 Å². The first-order valence-electron chi connectivity index (χ1n) is 4.39. The Bertz CT molecular complexity index is 337. The molecule has 0 bridgehead atoms. The Morgan fingerprint density at radius 1 is 1.60 bits per heavy atom. The highest BCUT2D eigenvalue weighted by molar-refractivity contribution is 7.09. The summed E-state index contributed by atoms with van der Waals surface area (Å²) in [5.41, 5.74) is 5.11. The van der Waals surface area contributed by atoms with Crippen LogP contribution < -0.4 is 11.1 Å². The van der Waals surface area contributed by atoms with E-state index >= 15 is 0 Å². The van der Waals surface area contributed by atoms with E-state index in [4.69, 9.17) is 10.8 Å². The lowest BCUT2D eigenvalue weighted by Gasteiger charge is -2.07. The Balaban J connectivity index is 2.26. The quantitative estimate of drug-likeness (QED) is 0.609. The molecule has 1 atom stereocenters. The average Bonchev–Trinajstić information content (AvgIpc) is 2.69. The van der Waals surface area contributed by atoms with E-state index in [-0.39, 0.29) is 0 Å². The Morgan fingerprint density at radius 2 is 2.33 bits per heavy atom. The number of nitrogens with two attached hydrogens (primary N) is 1. The normalized spacial score (nSPS) is 12.1. The first-order chi connectivity index (χ1) is 7.11. The molecule has 5 nitrogen and oxygen atoms in total. The van der Waals surface area contributed by atoms with E-state index in [1.54, 1.807) is 11.3 Å². The molecule has 6 heteroatoms. The summed E-state index contributed by atoms with van der Waals surface area (Å²) in [4.78, 5) is 22.6. The molecule has 0 aliphatic carbocycles. The SMILES string of the molecule is NC(C(=O)O)C(=O)NCCc1cccs1. The van der Waals surface area contributed by atoms with Crippen LogP contribution in [0.25, 0.3) is 0 Å². The first kappa shape index (κ1) is 11.7. The maximum Gasteiger partial charge on any atom is 0.330 e. The van der Waals surface area contributed by atoms with Gasteiger partial charge in [0, 0.05) is 11.4 Å². The Hall–Kier alpha value is -1.40. The molecule has 0 aliphatic heterocycles. The molecule has 0 saturated carbocycles. The molecule has 0 saturated heterocycles. The lowest BCUT2D eigenvalue weighted by molar-refractivity contribution is -0.142. The van der Waals surface area contributed by atoms with Gasteiger partial charge < -0.3 is 16.2 Å². The number of thiophene rings is 1. The van der Waals surface area contributed by atoms with E-state index in [1.807, 2.05) is 17.5 Å². The van der Waals surface area contributed by atoms with Crippen LogP contribution in [0, 0.1) is 0 Å². The van der Waals surface area contributed by atoms with Crippen molar-refractivity contribution in [1.29, 1.82) is 0 Å². The molecule has 0 radical (unpaired) electrons. The van der Waals surface area contributed by atoms with Crippen molar-refractivity contribution < 1.29 is 14.7 Å². The monoisotopic (exact) mass is 228 g/mol. The van der Waals surface area contributed by atoms with Gasteiger partial charge in [-0.05, 0) is 17.9 Å². The molecule has 1 aromatic heterocycles. The minimum Gasteiger partial charge on any atom is -0.480 e. The van der Waals surface area contributed by atoms with E-state index in [0.29, 0.717) is 13.0 Å². The third kappa shape index (κ3) is 3.69. The number of hydrogen-bond donors (Lipinski definition) is 3. The lowest BCUT2D eigenvalue weighted by Crippen LogP contribution is -2.46. The third-order valence-corrected chi connectivity index (χ3v) is 2.74. The zero-order chi connectivity index (χ0) is 11.3. The maximum absolute atomic E-state index is 11.1. The average molecular weight is 228 g/mol. The number of hydrogen-bond acceptors (Lipinski definition) is 4. The number of aliphatic carboxylic acids is 1. The zero-order valence-electron chi connectivity index (χ0n) is 7.97. The van der Waals surface area contributed by atoms with Gasteiger partial charge in [-0.1, -0.05) is 6.07 Å². The van der Waals surface area contributed by atoms with Crippen LogP contribution in [-0.2, 0) is 16.0 Å². The van der Waals surface area contributed by atoms with Crippen LogP contribution in [0.2, 0.25) is 0 Å². The van der Waals surface area contributed by atoms with Gasteiger partial charge in [-0.15, -0.1) is 11.3 Å². The smallest absolute Gasteiger partial charge is 0.330 e. The van der Waals surface area contributed by atoms with Gasteiger partial charge in [-0.3, -0.25) is 4.79 Å². The van der Waals surface area contributed by atoms with Gasteiger partial charge in [0.05, 0.1) is 0 Å². The van der Waals surface area contributed by atoms with Crippen molar-refractivity contribution in [1.82, 2.24) is 5.32 Å². The van der Waals surface area contributed by atoms with Crippen LogP contribution >= 0.6 is 11.3 Å². The Kier molecular flexibility index (Phi) is 4.26. The summed E-state index contributed by atoms with van der Waals surface area (Å²) in [6.45, 7) is 0.403. The Labute approximate surface area is 90.9 Å². The number of nitrogens with one attached hydrogen (secondary N) is 1. The predicted octanol–water partition coefficient (Wildman–Crippen LogP) is -0.181. The Morgan fingerprint density at radius 3 is 2.87 bits per heavy atom. The van der Waals surface area contributed by atoms with Crippen LogP contribution in [0.15, 0.2) is 17.5 Å². The summed E-state index contributed by atoms with van der Waals surface area (Å²) in [5, 5.41) is 12.9. The second kappa shape index (κ2) is 5.47. The van der Waals surface area contributed by atoms with E-state index in [2.05, 4.69) is 5.32 Å². The van der Waals surface area contributed by atoms with Gasteiger partial charge in [0.25, 0.3) is 0 Å². The van der Waals surface area contributed by atoms with Gasteiger partial charge in [0.1, 0.15) is 0 Å². The standard InChI is InChI=1S/C9H12N2O3S/c10-7(9(13)14)8(12)11-4-3-6-2-1-5-15-6/h1-2,5,7H,3-4,10H2,(H,11,12)(H,13,14). The van der Waals surface area contributed by atoms with E-state index in [9.17, 15) is 9.59 Å². The van der Waals surface area contributed by atoms with Crippen molar-refractivity contribution in [3.8, 4) is 0 Å². The second-order valence-electron chi connectivity index (χ2n) is 2.94. The highest BCUT2D eigenvalue weighted by Gasteiger charge is 2.20. The molecule has 1 aromatic rings. The molecule has 1 rings (SSSR count). The highest BCUT2D eigenvalue weighted by atomic mass is 32.1. The van der Waals surface area contributed by atoms with Crippen LogP contribution in [-0.4, -0.2) is 29.6 Å². The largest absolute Gasteiger partial charge is 0.480 e. The number of rotatable bonds is 5. The summed E-state index contributed by atoms with van der Waals surface area (Å²) in [7, 11) is 0. The van der Waals surface area contributed by atoms with Crippen molar-refractivity contribution in [2.24, 2.45) is 5.73 Å². The maximum atomic E-state index is 11.1. The molecule has 1 amide bonds. The van der Waals surface area contributed by atoms with Crippen molar-refractivity contribution in [3.63, 3.8) is 0 Å². The zero-order valence-corrected chi connectivity index (χ0v) is 8.79. The highest BCUT2D eigenvalue weighted by Crippen LogP contribution is 2.07. The van der Waals surface area contributed by atoms with Crippen molar-refractivity contribution >= 4 is 23.2 Å². The minimum absolute atomic E-state index is 0.403. The topological polar surface area (TPSA) is 92.4 Å². The molecule has 0 fully saturated rings. The van der Waals surface area contributed by atoms with Gasteiger partial charge >= 0.3 is 5.97 Å². The fourth-order valence-corrected chi connectivity index (χ4v) is 1.69. The molecule has 0 aromatic carbocycles.